The second kappa shape index (κ2) is 9.76. The molecule has 1 aliphatic rings. The SMILES string of the molecule is COc1ccc(CN2CCN(C(=O)CNC(=O)c3ccc(C)s3)CC2)cc1OC. The number of nitrogens with zero attached hydrogens (tertiary/aromatic N) is 2. The molecule has 1 aliphatic heterocycles. The molecule has 0 unspecified atom stereocenters. The predicted molar refractivity (Wildman–Crippen MR) is 113 cm³/mol. The molecular weight excluding hydrogens is 390 g/mol. The van der Waals surface area contributed by atoms with E-state index >= 15 is 0 Å². The number of ether oxygens (including phenoxy) is 2. The molecular formula is C21H27N3O4S. The molecule has 29 heavy (non-hydrogen) atoms. The molecule has 8 heteroatoms. The summed E-state index contributed by atoms with van der Waals surface area (Å²) in [4.78, 5) is 30.3. The van der Waals surface area contributed by atoms with Crippen molar-refractivity contribution in [3.8, 4) is 11.5 Å². The van der Waals surface area contributed by atoms with E-state index in [2.05, 4.69) is 10.2 Å². The van der Waals surface area contributed by atoms with E-state index in [0.29, 0.717) is 23.7 Å². The molecule has 0 saturated carbocycles. The van der Waals surface area contributed by atoms with Gasteiger partial charge < -0.3 is 19.7 Å². The van der Waals surface area contributed by atoms with Crippen molar-refractivity contribution in [1.29, 1.82) is 0 Å². The molecule has 156 valence electrons. The number of thiophene rings is 1. The molecule has 0 bridgehead atoms. The van der Waals surface area contributed by atoms with Crippen molar-refractivity contribution in [3.05, 3.63) is 45.6 Å². The van der Waals surface area contributed by atoms with Crippen LogP contribution >= 0.6 is 11.3 Å². The molecule has 2 heterocycles. The number of nitrogens with one attached hydrogen (secondary N) is 1. The highest BCUT2D eigenvalue weighted by Crippen LogP contribution is 2.28. The molecule has 1 fully saturated rings. The topological polar surface area (TPSA) is 71.1 Å². The van der Waals surface area contributed by atoms with Crippen molar-refractivity contribution < 1.29 is 19.1 Å². The molecule has 3 rings (SSSR count). The number of rotatable bonds is 7. The summed E-state index contributed by atoms with van der Waals surface area (Å²) in [6.45, 7) is 5.66. The van der Waals surface area contributed by atoms with Gasteiger partial charge in [-0.15, -0.1) is 11.3 Å². The Balaban J connectivity index is 1.45. The van der Waals surface area contributed by atoms with Gasteiger partial charge in [-0.05, 0) is 36.8 Å². The zero-order valence-electron chi connectivity index (χ0n) is 17.1. The highest BCUT2D eigenvalue weighted by Gasteiger charge is 2.22. The summed E-state index contributed by atoms with van der Waals surface area (Å²) < 4.78 is 10.6. The molecule has 2 aromatic rings. The van der Waals surface area contributed by atoms with Crippen LogP contribution in [0.1, 0.15) is 20.1 Å². The maximum absolute atomic E-state index is 12.4. The number of carbonyl (C=O) groups is 2. The Morgan fingerprint density at radius 2 is 1.76 bits per heavy atom. The third-order valence-electron chi connectivity index (χ3n) is 4.94. The number of hydrogen-bond acceptors (Lipinski definition) is 6. The van der Waals surface area contributed by atoms with Crippen LogP contribution in [-0.2, 0) is 11.3 Å². The van der Waals surface area contributed by atoms with Crippen LogP contribution in [0.25, 0.3) is 0 Å². The van der Waals surface area contributed by atoms with Gasteiger partial charge in [0.1, 0.15) is 0 Å². The van der Waals surface area contributed by atoms with E-state index in [-0.39, 0.29) is 18.4 Å². The first-order valence-electron chi connectivity index (χ1n) is 9.56. The molecule has 0 atom stereocenters. The van der Waals surface area contributed by atoms with Gasteiger partial charge in [0.05, 0.1) is 25.6 Å². The van der Waals surface area contributed by atoms with Gasteiger partial charge in [-0.1, -0.05) is 6.07 Å². The van der Waals surface area contributed by atoms with Crippen molar-refractivity contribution in [2.45, 2.75) is 13.5 Å². The molecule has 0 aliphatic carbocycles. The summed E-state index contributed by atoms with van der Waals surface area (Å²) in [7, 11) is 3.25. The Morgan fingerprint density at radius 1 is 1.03 bits per heavy atom. The third-order valence-corrected chi connectivity index (χ3v) is 5.94. The first kappa shape index (κ1) is 21.1. The van der Waals surface area contributed by atoms with Crippen LogP contribution in [0, 0.1) is 6.92 Å². The number of benzene rings is 1. The monoisotopic (exact) mass is 417 g/mol. The smallest absolute Gasteiger partial charge is 0.261 e. The van der Waals surface area contributed by atoms with Crippen LogP contribution < -0.4 is 14.8 Å². The second-order valence-electron chi connectivity index (χ2n) is 6.94. The zero-order valence-corrected chi connectivity index (χ0v) is 17.9. The number of aryl methyl sites for hydroxylation is 1. The van der Waals surface area contributed by atoms with Crippen LogP contribution in [0.15, 0.2) is 30.3 Å². The highest BCUT2D eigenvalue weighted by molar-refractivity contribution is 7.13. The van der Waals surface area contributed by atoms with E-state index in [0.717, 1.165) is 35.8 Å². The molecule has 1 aromatic carbocycles. The van der Waals surface area contributed by atoms with Gasteiger partial charge in [-0.2, -0.15) is 0 Å². The van der Waals surface area contributed by atoms with Crippen molar-refractivity contribution in [3.63, 3.8) is 0 Å². The van der Waals surface area contributed by atoms with Crippen LogP contribution in [0.3, 0.4) is 0 Å². The summed E-state index contributed by atoms with van der Waals surface area (Å²) in [6.07, 6.45) is 0. The van der Waals surface area contributed by atoms with E-state index in [1.54, 1.807) is 20.3 Å². The van der Waals surface area contributed by atoms with Gasteiger partial charge in [-0.25, -0.2) is 0 Å². The van der Waals surface area contributed by atoms with Gasteiger partial charge in [-0.3, -0.25) is 14.5 Å². The van der Waals surface area contributed by atoms with Crippen LogP contribution in [-0.4, -0.2) is 68.6 Å². The third kappa shape index (κ3) is 5.48. The molecule has 0 radical (unpaired) electrons. The predicted octanol–water partition coefficient (Wildman–Crippen LogP) is 2.15. The quantitative estimate of drug-likeness (QED) is 0.748. The van der Waals surface area contributed by atoms with Crippen molar-refractivity contribution in [1.82, 2.24) is 15.1 Å². The molecule has 1 aromatic heterocycles. The minimum absolute atomic E-state index is 0.0332. The minimum Gasteiger partial charge on any atom is -0.493 e. The van der Waals surface area contributed by atoms with E-state index in [1.807, 2.05) is 36.1 Å². The molecule has 0 spiro atoms. The fourth-order valence-corrected chi connectivity index (χ4v) is 4.09. The number of hydrogen-bond donors (Lipinski definition) is 1. The molecule has 7 nitrogen and oxygen atoms in total. The van der Waals surface area contributed by atoms with Gasteiger partial charge in [0, 0.05) is 37.6 Å². The fraction of sp³-hybridized carbons (Fsp3) is 0.429. The summed E-state index contributed by atoms with van der Waals surface area (Å²) in [6, 6.07) is 9.61. The van der Waals surface area contributed by atoms with E-state index < -0.39 is 0 Å². The maximum atomic E-state index is 12.4. The molecule has 2 amide bonds. The van der Waals surface area contributed by atoms with E-state index in [9.17, 15) is 9.59 Å². The second-order valence-corrected chi connectivity index (χ2v) is 8.23. The normalized spacial score (nSPS) is 14.5. The van der Waals surface area contributed by atoms with Gasteiger partial charge in [0.15, 0.2) is 11.5 Å². The lowest BCUT2D eigenvalue weighted by molar-refractivity contribution is -0.131. The number of methoxy groups -OCH3 is 2. The summed E-state index contributed by atoms with van der Waals surface area (Å²) in [5, 5.41) is 2.72. The Kier molecular flexibility index (Phi) is 7.11. The van der Waals surface area contributed by atoms with Gasteiger partial charge in [0.25, 0.3) is 5.91 Å². The van der Waals surface area contributed by atoms with Crippen LogP contribution in [0.4, 0.5) is 0 Å². The summed E-state index contributed by atoms with van der Waals surface area (Å²) >= 11 is 1.43. The largest absolute Gasteiger partial charge is 0.493 e. The number of carbonyl (C=O) groups excluding carboxylic acids is 2. The maximum Gasteiger partial charge on any atom is 0.261 e. The number of piperazine rings is 1. The highest BCUT2D eigenvalue weighted by atomic mass is 32.1. The van der Waals surface area contributed by atoms with Crippen LogP contribution in [0.2, 0.25) is 0 Å². The Morgan fingerprint density at radius 3 is 2.38 bits per heavy atom. The average molecular weight is 418 g/mol. The first-order valence-corrected chi connectivity index (χ1v) is 10.4. The summed E-state index contributed by atoms with van der Waals surface area (Å²) in [5.41, 5.74) is 1.14. The van der Waals surface area contributed by atoms with Gasteiger partial charge >= 0.3 is 0 Å². The lowest BCUT2D eigenvalue weighted by atomic mass is 10.1. The van der Waals surface area contributed by atoms with Crippen LogP contribution in [0.5, 0.6) is 11.5 Å². The average Bonchev–Trinajstić information content (AvgIpc) is 3.18. The van der Waals surface area contributed by atoms with Crippen molar-refractivity contribution in [2.75, 3.05) is 46.9 Å². The van der Waals surface area contributed by atoms with Crippen molar-refractivity contribution >= 4 is 23.2 Å². The molecule has 1 saturated heterocycles. The van der Waals surface area contributed by atoms with Crippen molar-refractivity contribution in [2.24, 2.45) is 0 Å². The lowest BCUT2D eigenvalue weighted by Crippen LogP contribution is -2.50. The Labute approximate surface area is 175 Å². The number of amides is 2. The minimum atomic E-state index is -0.191. The zero-order chi connectivity index (χ0) is 20.8. The Bertz CT molecular complexity index is 859. The first-order chi connectivity index (χ1) is 14.0. The Hall–Kier alpha value is -2.58. The fourth-order valence-electron chi connectivity index (χ4n) is 3.30. The van der Waals surface area contributed by atoms with E-state index in [4.69, 9.17) is 9.47 Å². The van der Waals surface area contributed by atoms with E-state index in [1.165, 1.54) is 11.3 Å². The molecule has 1 N–H and O–H groups in total. The lowest BCUT2D eigenvalue weighted by Gasteiger charge is -2.34. The van der Waals surface area contributed by atoms with Gasteiger partial charge in [0.2, 0.25) is 5.91 Å². The standard InChI is InChI=1S/C21H27N3O4S/c1-15-4-7-19(29-15)21(26)22-13-20(25)24-10-8-23(9-11-24)14-16-5-6-17(27-2)18(12-16)28-3/h4-7,12H,8-11,13-14H2,1-3H3,(H,22,26). The summed E-state index contributed by atoms with van der Waals surface area (Å²) in [5.74, 6) is 1.20.